The second kappa shape index (κ2) is 6.52. The standard InChI is InChI=1S/C11H10Cl2O/c12-11(13)9-14-8-4-7-10-5-2-1-3-6-10/h1-7,9H,8H2/b7-4+. The molecule has 14 heavy (non-hydrogen) atoms. The van der Waals surface area contributed by atoms with Gasteiger partial charge in [-0.1, -0.05) is 59.6 Å². The van der Waals surface area contributed by atoms with Gasteiger partial charge in [0.15, 0.2) is 0 Å². The summed E-state index contributed by atoms with van der Waals surface area (Å²) in [4.78, 5) is 0. The lowest BCUT2D eigenvalue weighted by atomic mass is 10.2. The van der Waals surface area contributed by atoms with Gasteiger partial charge in [-0.15, -0.1) is 0 Å². The predicted octanol–water partition coefficient (Wildman–Crippen LogP) is 3.99. The molecule has 0 aliphatic carbocycles. The van der Waals surface area contributed by atoms with Gasteiger partial charge in [-0.25, -0.2) is 0 Å². The number of rotatable bonds is 4. The first-order valence-corrected chi connectivity index (χ1v) is 4.89. The minimum atomic E-state index is 0.123. The molecule has 0 aromatic heterocycles. The van der Waals surface area contributed by atoms with E-state index in [-0.39, 0.29) is 4.49 Å². The normalized spacial score (nSPS) is 10.1. The SMILES string of the molecule is ClC(Cl)=COC/C=C/c1ccccc1. The predicted molar refractivity (Wildman–Crippen MR) is 61.2 cm³/mol. The first-order chi connectivity index (χ1) is 6.79. The minimum Gasteiger partial charge on any atom is -0.495 e. The summed E-state index contributed by atoms with van der Waals surface area (Å²) in [6.45, 7) is 0.456. The highest BCUT2D eigenvalue weighted by Crippen LogP contribution is 2.06. The summed E-state index contributed by atoms with van der Waals surface area (Å²) in [6, 6.07) is 9.97. The van der Waals surface area contributed by atoms with Crippen LogP contribution in [0.3, 0.4) is 0 Å². The van der Waals surface area contributed by atoms with Crippen molar-refractivity contribution in [1.29, 1.82) is 0 Å². The topological polar surface area (TPSA) is 9.23 Å². The molecule has 0 heterocycles. The van der Waals surface area contributed by atoms with Gasteiger partial charge in [-0.2, -0.15) is 0 Å². The van der Waals surface area contributed by atoms with Crippen LogP contribution in [-0.4, -0.2) is 6.61 Å². The molecule has 0 bridgehead atoms. The molecule has 1 aromatic rings. The van der Waals surface area contributed by atoms with Crippen LogP contribution >= 0.6 is 23.2 Å². The number of benzene rings is 1. The highest BCUT2D eigenvalue weighted by Gasteiger charge is 1.83. The highest BCUT2D eigenvalue weighted by atomic mass is 35.5. The van der Waals surface area contributed by atoms with E-state index < -0.39 is 0 Å². The lowest BCUT2D eigenvalue weighted by Gasteiger charge is -1.94. The summed E-state index contributed by atoms with van der Waals surface area (Å²) < 4.78 is 5.13. The van der Waals surface area contributed by atoms with E-state index in [9.17, 15) is 0 Å². The molecule has 0 saturated carbocycles. The Kier molecular flexibility index (Phi) is 5.20. The van der Waals surface area contributed by atoms with Crippen molar-refractivity contribution in [3.8, 4) is 0 Å². The summed E-state index contributed by atoms with van der Waals surface area (Å²) in [5.74, 6) is 0. The lowest BCUT2D eigenvalue weighted by Crippen LogP contribution is -1.80. The maximum absolute atomic E-state index is 5.35. The Hall–Kier alpha value is -0.920. The van der Waals surface area contributed by atoms with Gasteiger partial charge in [0.1, 0.15) is 17.4 Å². The molecule has 0 aliphatic heterocycles. The van der Waals surface area contributed by atoms with Crippen molar-refractivity contribution >= 4 is 29.3 Å². The molecule has 0 unspecified atom stereocenters. The van der Waals surface area contributed by atoms with Crippen molar-refractivity contribution in [2.24, 2.45) is 0 Å². The summed E-state index contributed by atoms with van der Waals surface area (Å²) in [6.07, 6.45) is 5.16. The van der Waals surface area contributed by atoms with Crippen LogP contribution in [0.15, 0.2) is 47.2 Å². The van der Waals surface area contributed by atoms with E-state index in [2.05, 4.69) is 0 Å². The monoisotopic (exact) mass is 228 g/mol. The third kappa shape index (κ3) is 4.95. The average molecular weight is 229 g/mol. The highest BCUT2D eigenvalue weighted by molar-refractivity contribution is 6.55. The molecule has 0 fully saturated rings. The smallest absolute Gasteiger partial charge is 0.141 e. The van der Waals surface area contributed by atoms with Crippen molar-refractivity contribution in [1.82, 2.24) is 0 Å². The first-order valence-electron chi connectivity index (χ1n) is 4.13. The zero-order valence-corrected chi connectivity index (χ0v) is 9.00. The van der Waals surface area contributed by atoms with E-state index in [1.54, 1.807) is 0 Å². The summed E-state index contributed by atoms with van der Waals surface area (Å²) >= 11 is 10.7. The molecule has 0 amide bonds. The Labute approximate surface area is 93.6 Å². The molecular weight excluding hydrogens is 219 g/mol. The number of ether oxygens (including phenoxy) is 1. The van der Waals surface area contributed by atoms with Crippen LogP contribution in [0.25, 0.3) is 6.08 Å². The van der Waals surface area contributed by atoms with Crippen molar-refractivity contribution in [2.75, 3.05) is 6.61 Å². The Balaban J connectivity index is 2.32. The number of hydrogen-bond donors (Lipinski definition) is 0. The van der Waals surface area contributed by atoms with Crippen molar-refractivity contribution in [3.05, 3.63) is 52.7 Å². The maximum Gasteiger partial charge on any atom is 0.141 e. The Morgan fingerprint density at radius 1 is 1.21 bits per heavy atom. The van der Waals surface area contributed by atoms with Gasteiger partial charge < -0.3 is 4.74 Å². The lowest BCUT2D eigenvalue weighted by molar-refractivity contribution is 0.290. The van der Waals surface area contributed by atoms with Crippen LogP contribution in [-0.2, 0) is 4.74 Å². The van der Waals surface area contributed by atoms with E-state index in [1.165, 1.54) is 6.26 Å². The second-order valence-electron chi connectivity index (χ2n) is 2.55. The first kappa shape index (κ1) is 11.2. The van der Waals surface area contributed by atoms with Crippen molar-refractivity contribution in [2.45, 2.75) is 0 Å². The molecule has 3 heteroatoms. The van der Waals surface area contributed by atoms with Crippen molar-refractivity contribution < 1.29 is 4.74 Å². The van der Waals surface area contributed by atoms with Gasteiger partial charge >= 0.3 is 0 Å². The van der Waals surface area contributed by atoms with E-state index in [0.29, 0.717) is 6.61 Å². The van der Waals surface area contributed by atoms with E-state index in [4.69, 9.17) is 27.9 Å². The van der Waals surface area contributed by atoms with Crippen LogP contribution in [0, 0.1) is 0 Å². The van der Waals surface area contributed by atoms with Gasteiger partial charge in [-0.3, -0.25) is 0 Å². The largest absolute Gasteiger partial charge is 0.495 e. The summed E-state index contributed by atoms with van der Waals surface area (Å²) in [7, 11) is 0. The molecule has 0 saturated heterocycles. The zero-order chi connectivity index (χ0) is 10.2. The minimum absolute atomic E-state index is 0.123. The molecule has 0 N–H and O–H groups in total. The van der Waals surface area contributed by atoms with Crippen LogP contribution in [0.4, 0.5) is 0 Å². The maximum atomic E-state index is 5.35. The molecule has 1 nitrogen and oxygen atoms in total. The van der Waals surface area contributed by atoms with Crippen LogP contribution in [0.2, 0.25) is 0 Å². The number of halogens is 2. The van der Waals surface area contributed by atoms with Gasteiger partial charge in [-0.05, 0) is 11.6 Å². The van der Waals surface area contributed by atoms with Gasteiger partial charge in [0.2, 0.25) is 0 Å². The quantitative estimate of drug-likeness (QED) is 0.560. The zero-order valence-electron chi connectivity index (χ0n) is 7.49. The second-order valence-corrected chi connectivity index (χ2v) is 3.56. The van der Waals surface area contributed by atoms with E-state index >= 15 is 0 Å². The summed E-state index contributed by atoms with van der Waals surface area (Å²) in [5, 5.41) is 0. The molecule has 74 valence electrons. The fraction of sp³-hybridized carbons (Fsp3) is 0.0909. The van der Waals surface area contributed by atoms with Gasteiger partial charge in [0, 0.05) is 0 Å². The third-order valence-electron chi connectivity index (χ3n) is 1.47. The molecule has 1 rings (SSSR count). The van der Waals surface area contributed by atoms with Crippen molar-refractivity contribution in [3.63, 3.8) is 0 Å². The molecule has 0 aliphatic rings. The molecule has 1 aromatic carbocycles. The molecular formula is C11H10Cl2O. The summed E-state index contributed by atoms with van der Waals surface area (Å²) in [5.41, 5.74) is 1.14. The van der Waals surface area contributed by atoms with Crippen LogP contribution in [0.1, 0.15) is 5.56 Å². The molecule has 0 spiro atoms. The van der Waals surface area contributed by atoms with Gasteiger partial charge in [0.25, 0.3) is 0 Å². The Morgan fingerprint density at radius 3 is 2.57 bits per heavy atom. The number of hydrogen-bond acceptors (Lipinski definition) is 1. The van der Waals surface area contributed by atoms with Gasteiger partial charge in [0.05, 0.1) is 0 Å². The average Bonchev–Trinajstić information content (AvgIpc) is 2.18. The Morgan fingerprint density at radius 2 is 1.93 bits per heavy atom. The fourth-order valence-electron chi connectivity index (χ4n) is 0.915. The third-order valence-corrected chi connectivity index (χ3v) is 1.65. The van der Waals surface area contributed by atoms with E-state index in [0.717, 1.165) is 5.56 Å². The Bertz CT molecular complexity index is 313. The molecule has 0 atom stereocenters. The van der Waals surface area contributed by atoms with E-state index in [1.807, 2.05) is 42.5 Å². The molecule has 0 radical (unpaired) electrons. The fourth-order valence-corrected chi connectivity index (χ4v) is 1.04. The van der Waals surface area contributed by atoms with Crippen LogP contribution in [0.5, 0.6) is 0 Å². The van der Waals surface area contributed by atoms with Crippen LogP contribution < -0.4 is 0 Å².